The summed E-state index contributed by atoms with van der Waals surface area (Å²) < 4.78 is 0. The van der Waals surface area contributed by atoms with Crippen LogP contribution in [-0.2, 0) is 0 Å². The molecule has 1 amide bonds. The smallest absolute Gasteiger partial charge is 0.253 e. The highest BCUT2D eigenvalue weighted by molar-refractivity contribution is 5.93. The number of aliphatic imine (C=N–C) groups is 2. The third-order valence-corrected chi connectivity index (χ3v) is 7.41. The fourth-order valence-electron chi connectivity index (χ4n) is 5.23. The molecule has 226 valence electrons. The summed E-state index contributed by atoms with van der Waals surface area (Å²) in [4.78, 5) is 25.5. The summed E-state index contributed by atoms with van der Waals surface area (Å²) in [5.41, 5.74) is 14.8. The number of rotatable bonds is 5. The molecule has 1 saturated heterocycles. The molecule has 1 fully saturated rings. The molecule has 0 aliphatic carbocycles. The summed E-state index contributed by atoms with van der Waals surface area (Å²) in [6.45, 7) is 17.6. The van der Waals surface area contributed by atoms with Crippen LogP contribution >= 0.6 is 0 Å². The van der Waals surface area contributed by atoms with Gasteiger partial charge < -0.3 is 4.90 Å². The van der Waals surface area contributed by atoms with Crippen LogP contribution in [0, 0.1) is 0 Å². The second-order valence-electron chi connectivity index (χ2n) is 10.6. The summed E-state index contributed by atoms with van der Waals surface area (Å²) in [5, 5.41) is 1.81. The first-order valence-corrected chi connectivity index (χ1v) is 15.1. The highest BCUT2D eigenvalue weighted by atomic mass is 16.2. The monoisotopic (exact) mass is 563 g/mol. The van der Waals surface area contributed by atoms with Gasteiger partial charge in [0.05, 0.1) is 12.1 Å². The first-order chi connectivity index (χ1) is 19.7. The number of amides is 1. The maximum Gasteiger partial charge on any atom is 0.253 e. The minimum Gasteiger partial charge on any atom is -0.345 e. The van der Waals surface area contributed by atoms with E-state index < -0.39 is 0 Å². The molecule has 3 unspecified atom stereocenters. The molecular formula is C33H53N7O. The number of carbonyl (C=O) groups is 1. The van der Waals surface area contributed by atoms with E-state index in [0.29, 0.717) is 5.92 Å². The number of nitrogens with one attached hydrogen (secondary N) is 1. The average Bonchev–Trinajstić information content (AvgIpc) is 3.05. The minimum absolute atomic E-state index is 0.0462. The maximum atomic E-state index is 12.2. The largest absolute Gasteiger partial charge is 0.345 e. The highest BCUT2D eigenvalue weighted by Crippen LogP contribution is 2.30. The Balaban J connectivity index is 0.00000141. The highest BCUT2D eigenvalue weighted by Gasteiger charge is 2.25. The van der Waals surface area contributed by atoms with Crippen molar-refractivity contribution in [2.45, 2.75) is 78.2 Å². The molecule has 8 heteroatoms. The predicted octanol–water partition coefficient (Wildman–Crippen LogP) is 5.02. The lowest BCUT2D eigenvalue weighted by atomic mass is 9.88. The van der Waals surface area contributed by atoms with Crippen LogP contribution in [0.5, 0.6) is 0 Å². The average molecular weight is 564 g/mol. The van der Waals surface area contributed by atoms with Crippen molar-refractivity contribution in [2.75, 3.05) is 40.8 Å². The predicted molar refractivity (Wildman–Crippen MR) is 175 cm³/mol. The van der Waals surface area contributed by atoms with E-state index in [1.807, 2.05) is 70.4 Å². The van der Waals surface area contributed by atoms with Gasteiger partial charge in [-0.25, -0.2) is 10.4 Å². The van der Waals surface area contributed by atoms with Gasteiger partial charge in [0.15, 0.2) is 6.29 Å². The van der Waals surface area contributed by atoms with Gasteiger partial charge >= 0.3 is 0 Å². The third-order valence-electron chi connectivity index (χ3n) is 7.41. The molecule has 0 aromatic heterocycles. The molecule has 1 aromatic carbocycles. The van der Waals surface area contributed by atoms with Crippen molar-refractivity contribution in [2.24, 2.45) is 15.7 Å². The van der Waals surface area contributed by atoms with Crippen molar-refractivity contribution in [3.8, 4) is 0 Å². The number of hydrazine groups is 1. The summed E-state index contributed by atoms with van der Waals surface area (Å²) in [6, 6.07) is 8.29. The van der Waals surface area contributed by atoms with E-state index in [1.165, 1.54) is 11.1 Å². The van der Waals surface area contributed by atoms with E-state index in [1.54, 1.807) is 19.0 Å². The topological polar surface area (TPSA) is 89.6 Å². The molecule has 3 atom stereocenters. The van der Waals surface area contributed by atoms with Crippen molar-refractivity contribution >= 4 is 18.3 Å². The fourth-order valence-corrected chi connectivity index (χ4v) is 5.23. The van der Waals surface area contributed by atoms with Gasteiger partial charge in [0.2, 0.25) is 0 Å². The number of likely N-dealkylation sites (tertiary alicyclic amines) is 1. The molecule has 8 nitrogen and oxygen atoms in total. The molecular weight excluding hydrogens is 510 g/mol. The Hall–Kier alpha value is -2.91. The zero-order valence-corrected chi connectivity index (χ0v) is 26.6. The zero-order valence-electron chi connectivity index (χ0n) is 26.6. The number of hydrogen-bond donors (Lipinski definition) is 2. The van der Waals surface area contributed by atoms with Gasteiger partial charge in [0.1, 0.15) is 0 Å². The first-order valence-electron chi connectivity index (χ1n) is 15.1. The molecule has 1 aromatic rings. The van der Waals surface area contributed by atoms with E-state index >= 15 is 0 Å². The van der Waals surface area contributed by atoms with Crippen LogP contribution < -0.4 is 11.2 Å². The second-order valence-corrected chi connectivity index (χ2v) is 10.6. The minimum atomic E-state index is -0.386. The van der Waals surface area contributed by atoms with Crippen LogP contribution in [0.4, 0.5) is 0 Å². The maximum absolute atomic E-state index is 12.2. The van der Waals surface area contributed by atoms with Gasteiger partial charge in [-0.15, -0.1) is 0 Å². The van der Waals surface area contributed by atoms with E-state index in [2.05, 4.69) is 47.0 Å². The molecule has 0 bridgehead atoms. The Bertz CT molecular complexity index is 1100. The van der Waals surface area contributed by atoms with Crippen molar-refractivity contribution in [3.05, 3.63) is 70.8 Å². The van der Waals surface area contributed by atoms with Crippen molar-refractivity contribution < 1.29 is 4.79 Å². The standard InChI is InChI=1S/C29H41N7O.2C2H6/c1-20-16-22(17-21(2)31-13-10-26(20)27-18-32-29(30)35(5)33-27)19-36-14-11-24(12-15-36)23-6-8-25(9-7-23)28(37)34(3)4;2*1-2/h6-10,13,16,18,21,24,27,29,33H,1,11-12,14-15,17,19,30H2,2-5H3;2*1-2H3/b22-16+,26-10+,31-13?;;. The Labute approximate surface area is 248 Å². The molecule has 3 heterocycles. The Morgan fingerprint density at radius 3 is 2.32 bits per heavy atom. The number of piperidine rings is 1. The molecule has 3 N–H and O–H groups in total. The molecule has 3 aliphatic rings. The van der Waals surface area contributed by atoms with Crippen LogP contribution in [0.15, 0.2) is 69.7 Å². The van der Waals surface area contributed by atoms with Gasteiger partial charge in [0, 0.05) is 45.7 Å². The van der Waals surface area contributed by atoms with E-state index in [-0.39, 0.29) is 24.3 Å². The number of nitrogens with zero attached hydrogens (tertiary/aromatic N) is 5. The fraction of sp³-hybridized carbons (Fsp3) is 0.545. The van der Waals surface area contributed by atoms with Crippen molar-refractivity contribution in [1.29, 1.82) is 0 Å². The lowest BCUT2D eigenvalue weighted by Crippen LogP contribution is -2.55. The summed E-state index contributed by atoms with van der Waals surface area (Å²) >= 11 is 0. The molecule has 3 aliphatic heterocycles. The summed E-state index contributed by atoms with van der Waals surface area (Å²) in [7, 11) is 5.47. The normalized spacial score (nSPS) is 26.5. The molecule has 0 radical (unpaired) electrons. The number of carbonyl (C=O) groups excluding carboxylic acids is 1. The number of allylic oxidation sites excluding steroid dienone is 2. The number of nitrogens with two attached hydrogens (primary N) is 1. The van der Waals surface area contributed by atoms with Gasteiger partial charge in [-0.05, 0) is 80.1 Å². The van der Waals surface area contributed by atoms with Crippen LogP contribution in [-0.4, -0.2) is 92.3 Å². The lowest BCUT2D eigenvalue weighted by molar-refractivity contribution is 0.0827. The second kappa shape index (κ2) is 17.1. The third kappa shape index (κ3) is 9.85. The van der Waals surface area contributed by atoms with Gasteiger partial charge in [0.25, 0.3) is 5.91 Å². The first kappa shape index (κ1) is 34.3. The summed E-state index contributed by atoms with van der Waals surface area (Å²) in [6.07, 6.45) is 10.8. The van der Waals surface area contributed by atoms with Crippen molar-refractivity contribution in [3.63, 3.8) is 0 Å². The molecule has 4 rings (SSSR count). The Morgan fingerprint density at radius 1 is 1.10 bits per heavy atom. The van der Waals surface area contributed by atoms with Gasteiger partial charge in [-0.1, -0.05) is 58.1 Å². The molecule has 0 saturated carbocycles. The van der Waals surface area contributed by atoms with E-state index in [9.17, 15) is 4.79 Å². The van der Waals surface area contributed by atoms with Crippen LogP contribution in [0.25, 0.3) is 0 Å². The Morgan fingerprint density at radius 2 is 1.73 bits per heavy atom. The Kier molecular flexibility index (Phi) is 14.3. The van der Waals surface area contributed by atoms with Gasteiger partial charge in [-0.2, -0.15) is 0 Å². The summed E-state index contributed by atoms with van der Waals surface area (Å²) in [5.74, 6) is 0.576. The van der Waals surface area contributed by atoms with E-state index in [4.69, 9.17) is 10.7 Å². The lowest BCUT2D eigenvalue weighted by Gasteiger charge is -2.33. The van der Waals surface area contributed by atoms with Gasteiger partial charge in [-0.3, -0.25) is 25.4 Å². The zero-order chi connectivity index (χ0) is 30.5. The quantitative estimate of drug-likeness (QED) is 0.525. The van der Waals surface area contributed by atoms with Crippen LogP contribution in [0.3, 0.4) is 0 Å². The number of benzene rings is 1. The van der Waals surface area contributed by atoms with Crippen LogP contribution in [0.1, 0.15) is 75.7 Å². The molecule has 41 heavy (non-hydrogen) atoms. The molecule has 0 spiro atoms. The van der Waals surface area contributed by atoms with E-state index in [0.717, 1.165) is 55.6 Å². The van der Waals surface area contributed by atoms with Crippen LogP contribution in [0.2, 0.25) is 0 Å². The SMILES string of the molecule is C=C1/C=C(/CN2CCC(c3ccc(C(=O)N(C)C)cc3)CC2)CC(C)N=C/C=C\1C1C=NC(N)N(C)N1.CC.CC. The van der Waals surface area contributed by atoms with Crippen molar-refractivity contribution in [1.82, 2.24) is 20.2 Å². The number of hydrogen-bond acceptors (Lipinski definition) is 7.